The molecule has 0 bridgehead atoms. The summed E-state index contributed by atoms with van der Waals surface area (Å²) in [6.45, 7) is 3.90. The van der Waals surface area contributed by atoms with Gasteiger partial charge in [0.15, 0.2) is 0 Å². The second kappa shape index (κ2) is 8.49. The molecule has 3 N–H and O–H groups in total. The Morgan fingerprint density at radius 1 is 1.24 bits per heavy atom. The van der Waals surface area contributed by atoms with Crippen molar-refractivity contribution in [1.82, 2.24) is 24.7 Å². The zero-order valence-corrected chi connectivity index (χ0v) is 20.1. The third kappa shape index (κ3) is 4.49. The Morgan fingerprint density at radius 3 is 2.76 bits per heavy atom. The van der Waals surface area contributed by atoms with Gasteiger partial charge >= 0.3 is 0 Å². The lowest BCUT2D eigenvalue weighted by Gasteiger charge is -2.30. The number of carbonyl (C=O) groups excluding carboxylic acids is 1. The highest BCUT2D eigenvalue weighted by atomic mass is 31.0. The highest BCUT2D eigenvalue weighted by molar-refractivity contribution is 7.21. The maximum Gasteiger partial charge on any atom is 0.252 e. The number of H-pyrrole nitrogens is 1. The molecule has 0 aliphatic heterocycles. The molecule has 1 saturated carbocycles. The van der Waals surface area contributed by atoms with Gasteiger partial charge in [0.25, 0.3) is 5.91 Å². The molecule has 2 radical (unpaired) electrons. The van der Waals surface area contributed by atoms with Crippen molar-refractivity contribution in [2.45, 2.75) is 56.7 Å². The van der Waals surface area contributed by atoms with E-state index in [-0.39, 0.29) is 11.9 Å². The van der Waals surface area contributed by atoms with Gasteiger partial charge in [-0.1, -0.05) is 13.0 Å². The number of anilines is 1. The highest BCUT2D eigenvalue weighted by Gasteiger charge is 2.25. The second-order valence-electron chi connectivity index (χ2n) is 9.29. The van der Waals surface area contributed by atoms with Gasteiger partial charge in [-0.2, -0.15) is 0 Å². The minimum absolute atomic E-state index is 0.0317. The molecule has 1 aliphatic carbocycles. The van der Waals surface area contributed by atoms with Crippen molar-refractivity contribution < 1.29 is 4.79 Å². The van der Waals surface area contributed by atoms with Crippen LogP contribution in [0.4, 0.5) is 5.82 Å². The number of aromatic amines is 1. The van der Waals surface area contributed by atoms with E-state index in [1.165, 1.54) is 0 Å². The molecular formula is C24H28BN6OP. The predicted octanol–water partition coefficient (Wildman–Crippen LogP) is 3.89. The van der Waals surface area contributed by atoms with Crippen LogP contribution < -0.4 is 10.6 Å². The van der Waals surface area contributed by atoms with Crippen LogP contribution in [0.5, 0.6) is 0 Å². The van der Waals surface area contributed by atoms with Crippen LogP contribution in [-0.4, -0.2) is 45.2 Å². The summed E-state index contributed by atoms with van der Waals surface area (Å²) in [6, 6.07) is 10.3. The monoisotopic (exact) mass is 458 g/mol. The van der Waals surface area contributed by atoms with E-state index >= 15 is 0 Å². The summed E-state index contributed by atoms with van der Waals surface area (Å²) in [7, 11) is 8.85. The van der Waals surface area contributed by atoms with Gasteiger partial charge in [-0.25, -0.2) is 9.97 Å². The molecule has 33 heavy (non-hydrogen) atoms. The Hall–Kier alpha value is -2.86. The van der Waals surface area contributed by atoms with Crippen molar-refractivity contribution in [2.24, 2.45) is 0 Å². The Balaban J connectivity index is 1.23. The number of aryl methyl sites for hydroxylation is 1. The normalized spacial score (nSPS) is 20.6. The first-order chi connectivity index (χ1) is 15.8. The van der Waals surface area contributed by atoms with Crippen molar-refractivity contribution in [1.29, 1.82) is 0 Å². The molecule has 168 valence electrons. The predicted molar refractivity (Wildman–Crippen MR) is 136 cm³/mol. The number of nitrogens with zero attached hydrogens (tertiary/aromatic N) is 3. The van der Waals surface area contributed by atoms with Crippen LogP contribution in [0.3, 0.4) is 0 Å². The number of rotatable bonds is 5. The van der Waals surface area contributed by atoms with Gasteiger partial charge in [-0.3, -0.25) is 9.20 Å². The van der Waals surface area contributed by atoms with E-state index in [4.69, 9.17) is 7.85 Å². The Morgan fingerprint density at radius 2 is 2.00 bits per heavy atom. The van der Waals surface area contributed by atoms with Gasteiger partial charge in [0.05, 0.1) is 19.1 Å². The minimum atomic E-state index is -0.570. The van der Waals surface area contributed by atoms with E-state index in [1.54, 1.807) is 12.3 Å². The minimum Gasteiger partial charge on any atom is -0.368 e. The highest BCUT2D eigenvalue weighted by Crippen LogP contribution is 2.29. The first kappa shape index (κ1) is 22.0. The molecule has 4 aromatic heterocycles. The standard InChI is InChI=1S/C24H28BN6OP/c1-14-12-18-17(10-11-26-22(18)27-14)23(32)29-16-8-6-15(7-9-16)28-20-4-3-5-21-30-19(13-31(20)21)24(2,25)33/h3-5,10-13,15-16,28H,6-9,33H2,1-2H3,(H,26,27)(H,29,32). The van der Waals surface area contributed by atoms with Gasteiger partial charge < -0.3 is 15.6 Å². The van der Waals surface area contributed by atoms with E-state index in [2.05, 4.69) is 45.3 Å². The number of pyridine rings is 2. The average Bonchev–Trinajstić information content (AvgIpc) is 3.38. The summed E-state index contributed by atoms with van der Waals surface area (Å²) >= 11 is 0. The zero-order chi connectivity index (χ0) is 23.2. The molecule has 0 aromatic carbocycles. The van der Waals surface area contributed by atoms with Crippen LogP contribution in [0.15, 0.2) is 42.7 Å². The lowest BCUT2D eigenvalue weighted by Crippen LogP contribution is -2.40. The molecule has 2 unspecified atom stereocenters. The van der Waals surface area contributed by atoms with E-state index in [0.29, 0.717) is 11.6 Å². The fourth-order valence-electron chi connectivity index (χ4n) is 4.60. The maximum atomic E-state index is 12.9. The fourth-order valence-corrected chi connectivity index (χ4v) is 4.74. The zero-order valence-electron chi connectivity index (χ0n) is 18.9. The molecule has 4 aromatic rings. The van der Waals surface area contributed by atoms with Crippen molar-refractivity contribution in [3.8, 4) is 0 Å². The summed E-state index contributed by atoms with van der Waals surface area (Å²) in [5, 5.41) is 7.20. The van der Waals surface area contributed by atoms with Crippen LogP contribution in [0.25, 0.3) is 16.7 Å². The molecule has 1 fully saturated rings. The number of fused-ring (bicyclic) bond motifs is 2. The third-order valence-corrected chi connectivity index (χ3v) is 6.67. The summed E-state index contributed by atoms with van der Waals surface area (Å²) in [4.78, 5) is 25.1. The lowest BCUT2D eigenvalue weighted by atomic mass is 9.85. The number of carbonyl (C=O) groups is 1. The Labute approximate surface area is 196 Å². The topological polar surface area (TPSA) is 87.1 Å². The number of imidazole rings is 1. The SMILES string of the molecule is [B]C(C)(P)c1cn2c(NC3CCC(NC(=O)c4ccnc5[nH]c(C)cc45)CC3)cccc2n1. The molecule has 4 heterocycles. The van der Waals surface area contributed by atoms with Crippen molar-refractivity contribution in [3.63, 3.8) is 0 Å². The van der Waals surface area contributed by atoms with E-state index in [1.807, 2.05) is 38.2 Å². The molecule has 1 aliphatic rings. The largest absolute Gasteiger partial charge is 0.368 e. The van der Waals surface area contributed by atoms with Gasteiger partial charge in [0.2, 0.25) is 0 Å². The molecule has 0 saturated heterocycles. The van der Waals surface area contributed by atoms with Crippen LogP contribution >= 0.6 is 9.24 Å². The Bertz CT molecular complexity index is 1320. The van der Waals surface area contributed by atoms with Crippen LogP contribution in [0.1, 0.15) is 54.4 Å². The van der Waals surface area contributed by atoms with Crippen LogP contribution in [0.2, 0.25) is 0 Å². The fraction of sp³-hybridized carbons (Fsp3) is 0.375. The second-order valence-corrected chi connectivity index (χ2v) is 10.5. The molecule has 5 rings (SSSR count). The summed E-state index contributed by atoms with van der Waals surface area (Å²) in [6.07, 6.45) is 7.50. The average molecular weight is 458 g/mol. The third-order valence-electron chi connectivity index (χ3n) is 6.37. The van der Waals surface area contributed by atoms with Crippen molar-refractivity contribution in [2.75, 3.05) is 5.32 Å². The first-order valence-electron chi connectivity index (χ1n) is 11.4. The van der Waals surface area contributed by atoms with E-state index in [9.17, 15) is 4.79 Å². The van der Waals surface area contributed by atoms with Crippen molar-refractivity contribution in [3.05, 3.63) is 59.7 Å². The van der Waals surface area contributed by atoms with Gasteiger partial charge in [0, 0.05) is 35.6 Å². The molecule has 0 spiro atoms. The quantitative estimate of drug-likeness (QED) is 0.313. The smallest absolute Gasteiger partial charge is 0.252 e. The molecule has 7 nitrogen and oxygen atoms in total. The molecule has 9 heteroatoms. The lowest BCUT2D eigenvalue weighted by molar-refractivity contribution is 0.0928. The molecule has 1 amide bonds. The first-order valence-corrected chi connectivity index (χ1v) is 11.9. The van der Waals surface area contributed by atoms with Gasteiger partial charge in [-0.15, -0.1) is 9.24 Å². The summed E-state index contributed by atoms with van der Waals surface area (Å²) in [5.74, 6) is 0.978. The molecule has 2 atom stereocenters. The van der Waals surface area contributed by atoms with E-state index in [0.717, 1.165) is 59.6 Å². The molecular weight excluding hydrogens is 430 g/mol. The number of hydrogen-bond donors (Lipinski definition) is 3. The van der Waals surface area contributed by atoms with E-state index < -0.39 is 5.06 Å². The van der Waals surface area contributed by atoms with Gasteiger partial charge in [-0.05, 0) is 61.9 Å². The number of nitrogens with one attached hydrogen (secondary N) is 3. The summed E-state index contributed by atoms with van der Waals surface area (Å²) in [5.41, 5.74) is 4.13. The number of amides is 1. The number of hydrogen-bond acceptors (Lipinski definition) is 4. The maximum absolute atomic E-state index is 12.9. The van der Waals surface area contributed by atoms with Crippen LogP contribution in [-0.2, 0) is 5.06 Å². The van der Waals surface area contributed by atoms with Crippen LogP contribution in [0, 0.1) is 6.92 Å². The van der Waals surface area contributed by atoms with Gasteiger partial charge in [0.1, 0.15) is 17.1 Å². The number of aromatic nitrogens is 4. The summed E-state index contributed by atoms with van der Waals surface area (Å²) < 4.78 is 2.06. The Kier molecular flexibility index (Phi) is 5.65. The van der Waals surface area contributed by atoms with Crippen molar-refractivity contribution >= 4 is 45.5 Å².